The molecular formula is C11H14O2. The maximum Gasteiger partial charge on any atom is 0.166 e. The van der Waals surface area contributed by atoms with Gasteiger partial charge in [-0.15, -0.1) is 0 Å². The van der Waals surface area contributed by atoms with Crippen LogP contribution in [0.3, 0.4) is 0 Å². The van der Waals surface area contributed by atoms with Crippen LogP contribution in [0, 0.1) is 5.92 Å². The predicted molar refractivity (Wildman–Crippen MR) is 50.1 cm³/mol. The smallest absolute Gasteiger partial charge is 0.166 e. The van der Waals surface area contributed by atoms with Crippen LogP contribution in [0.25, 0.3) is 0 Å². The molecule has 2 heteroatoms. The van der Waals surface area contributed by atoms with Gasteiger partial charge in [0, 0.05) is 6.42 Å². The number of Topliss-reactive ketones (excluding diaryl/α,β-unsaturated/α-hetero) is 1. The highest BCUT2D eigenvalue weighted by Crippen LogP contribution is 2.38. The highest BCUT2D eigenvalue weighted by Gasteiger charge is 2.31. The van der Waals surface area contributed by atoms with E-state index in [4.69, 9.17) is 4.74 Å². The van der Waals surface area contributed by atoms with Gasteiger partial charge in [0.05, 0.1) is 12.7 Å². The predicted octanol–water partition coefficient (Wildman–Crippen LogP) is 2.22. The van der Waals surface area contributed by atoms with Gasteiger partial charge in [-0.1, -0.05) is 12.5 Å². The maximum atomic E-state index is 11.5. The summed E-state index contributed by atoms with van der Waals surface area (Å²) in [4.78, 5) is 11.5. The first kappa shape index (κ1) is 8.54. The summed E-state index contributed by atoms with van der Waals surface area (Å²) in [5, 5.41) is 0. The zero-order valence-corrected chi connectivity index (χ0v) is 8.09. The molecule has 0 aliphatic heterocycles. The molecule has 0 heterocycles. The third kappa shape index (κ3) is 1.21. The molecular weight excluding hydrogens is 164 g/mol. The van der Waals surface area contributed by atoms with E-state index >= 15 is 0 Å². The van der Waals surface area contributed by atoms with E-state index in [1.165, 1.54) is 5.57 Å². The molecule has 2 rings (SSSR count). The second-order valence-electron chi connectivity index (χ2n) is 3.73. The summed E-state index contributed by atoms with van der Waals surface area (Å²) in [5.41, 5.74) is 2.19. The third-order valence-corrected chi connectivity index (χ3v) is 2.94. The van der Waals surface area contributed by atoms with Gasteiger partial charge in [0.15, 0.2) is 5.78 Å². The van der Waals surface area contributed by atoms with Gasteiger partial charge in [-0.25, -0.2) is 0 Å². The van der Waals surface area contributed by atoms with E-state index in [2.05, 4.69) is 6.92 Å². The zero-order valence-electron chi connectivity index (χ0n) is 8.09. The Balaban J connectivity index is 2.42. The number of rotatable bonds is 1. The van der Waals surface area contributed by atoms with Crippen LogP contribution in [-0.2, 0) is 9.53 Å². The third-order valence-electron chi connectivity index (χ3n) is 2.94. The zero-order chi connectivity index (χ0) is 9.42. The van der Waals surface area contributed by atoms with E-state index in [-0.39, 0.29) is 5.78 Å². The van der Waals surface area contributed by atoms with Gasteiger partial charge in [0.2, 0.25) is 0 Å². The molecule has 0 saturated heterocycles. The van der Waals surface area contributed by atoms with Crippen molar-refractivity contribution in [3.05, 3.63) is 23.0 Å². The number of hydrogen-bond donors (Lipinski definition) is 0. The fraction of sp³-hybridized carbons (Fsp3) is 0.545. The summed E-state index contributed by atoms with van der Waals surface area (Å²) in [6.45, 7) is 2.18. The van der Waals surface area contributed by atoms with E-state index < -0.39 is 0 Å². The van der Waals surface area contributed by atoms with E-state index in [1.54, 1.807) is 7.11 Å². The summed E-state index contributed by atoms with van der Waals surface area (Å²) < 4.78 is 5.21. The van der Waals surface area contributed by atoms with E-state index in [0.29, 0.717) is 12.3 Å². The Bertz CT molecular complexity index is 310. The van der Waals surface area contributed by atoms with Crippen LogP contribution in [0.1, 0.15) is 26.2 Å². The minimum atomic E-state index is 0.259. The first-order valence-corrected chi connectivity index (χ1v) is 4.74. The normalized spacial score (nSPS) is 27.4. The summed E-state index contributed by atoms with van der Waals surface area (Å²) in [7, 11) is 1.64. The average Bonchev–Trinajstić information content (AvgIpc) is 2.51. The minimum Gasteiger partial charge on any atom is -0.496 e. The minimum absolute atomic E-state index is 0.259. The van der Waals surface area contributed by atoms with Crippen molar-refractivity contribution >= 4 is 5.78 Å². The van der Waals surface area contributed by atoms with Crippen LogP contribution in [0.15, 0.2) is 23.0 Å². The summed E-state index contributed by atoms with van der Waals surface area (Å²) in [6, 6.07) is 0. The maximum absolute atomic E-state index is 11.5. The lowest BCUT2D eigenvalue weighted by Gasteiger charge is -2.19. The second-order valence-corrected chi connectivity index (χ2v) is 3.73. The topological polar surface area (TPSA) is 26.3 Å². The number of hydrogen-bond acceptors (Lipinski definition) is 2. The average molecular weight is 178 g/mol. The molecule has 0 spiro atoms. The Morgan fingerprint density at radius 2 is 2.23 bits per heavy atom. The van der Waals surface area contributed by atoms with Gasteiger partial charge >= 0.3 is 0 Å². The van der Waals surface area contributed by atoms with Gasteiger partial charge in [0.1, 0.15) is 5.76 Å². The molecule has 0 aromatic rings. The van der Waals surface area contributed by atoms with Gasteiger partial charge in [-0.05, 0) is 24.8 Å². The highest BCUT2D eigenvalue weighted by molar-refractivity contribution is 6.02. The highest BCUT2D eigenvalue weighted by atomic mass is 16.5. The van der Waals surface area contributed by atoms with E-state index in [9.17, 15) is 4.79 Å². The Labute approximate surface area is 78.3 Å². The molecule has 0 fully saturated rings. The van der Waals surface area contributed by atoms with Crippen molar-refractivity contribution in [3.8, 4) is 0 Å². The van der Waals surface area contributed by atoms with Gasteiger partial charge < -0.3 is 4.74 Å². The van der Waals surface area contributed by atoms with Crippen molar-refractivity contribution in [2.45, 2.75) is 26.2 Å². The van der Waals surface area contributed by atoms with Gasteiger partial charge in [-0.2, -0.15) is 0 Å². The number of allylic oxidation sites excluding steroid dienone is 3. The van der Waals surface area contributed by atoms with Gasteiger partial charge in [0.25, 0.3) is 0 Å². The van der Waals surface area contributed by atoms with Crippen LogP contribution < -0.4 is 0 Å². The lowest BCUT2D eigenvalue weighted by Crippen LogP contribution is -2.10. The summed E-state index contributed by atoms with van der Waals surface area (Å²) in [5.74, 6) is 1.59. The molecule has 0 saturated carbocycles. The van der Waals surface area contributed by atoms with E-state index in [0.717, 1.165) is 24.2 Å². The lowest BCUT2D eigenvalue weighted by molar-refractivity contribution is -0.114. The molecule has 0 radical (unpaired) electrons. The van der Waals surface area contributed by atoms with Gasteiger partial charge in [-0.3, -0.25) is 4.79 Å². The van der Waals surface area contributed by atoms with Crippen LogP contribution in [-0.4, -0.2) is 12.9 Å². The molecule has 2 aliphatic carbocycles. The number of methoxy groups -OCH3 is 1. The Hall–Kier alpha value is -1.05. The van der Waals surface area contributed by atoms with Crippen LogP contribution in [0.2, 0.25) is 0 Å². The second kappa shape index (κ2) is 3.02. The van der Waals surface area contributed by atoms with Crippen LogP contribution >= 0.6 is 0 Å². The summed E-state index contributed by atoms with van der Waals surface area (Å²) >= 11 is 0. The Morgan fingerprint density at radius 1 is 1.46 bits per heavy atom. The molecule has 70 valence electrons. The fourth-order valence-corrected chi connectivity index (χ4v) is 2.18. The number of carbonyl (C=O) groups excluding carboxylic acids is 1. The molecule has 0 N–H and O–H groups in total. The molecule has 1 atom stereocenters. The molecule has 2 nitrogen and oxygen atoms in total. The SMILES string of the molecule is COC1=CCC(C)C2=C1C(=O)CC2. The Kier molecular flexibility index (Phi) is 1.98. The van der Waals surface area contributed by atoms with Crippen LogP contribution in [0.4, 0.5) is 0 Å². The van der Waals surface area contributed by atoms with Crippen molar-refractivity contribution in [1.82, 2.24) is 0 Å². The van der Waals surface area contributed by atoms with E-state index in [1.807, 2.05) is 6.08 Å². The first-order chi connectivity index (χ1) is 6.24. The monoisotopic (exact) mass is 178 g/mol. The van der Waals surface area contributed by atoms with Crippen molar-refractivity contribution in [2.24, 2.45) is 5.92 Å². The van der Waals surface area contributed by atoms with Crippen LogP contribution in [0.5, 0.6) is 0 Å². The quantitative estimate of drug-likeness (QED) is 0.615. The first-order valence-electron chi connectivity index (χ1n) is 4.74. The number of ketones is 1. The fourth-order valence-electron chi connectivity index (χ4n) is 2.18. The molecule has 0 amide bonds. The molecule has 2 aliphatic rings. The molecule has 13 heavy (non-hydrogen) atoms. The molecule has 0 aromatic carbocycles. The van der Waals surface area contributed by atoms with Crippen molar-refractivity contribution in [1.29, 1.82) is 0 Å². The molecule has 0 aromatic heterocycles. The molecule has 1 unspecified atom stereocenters. The van der Waals surface area contributed by atoms with Crippen molar-refractivity contribution in [3.63, 3.8) is 0 Å². The molecule has 0 bridgehead atoms. The Morgan fingerprint density at radius 3 is 2.92 bits per heavy atom. The standard InChI is InChI=1S/C11H14O2/c1-7-3-6-10(13-2)11-8(7)4-5-9(11)12/h6-7H,3-5H2,1-2H3. The van der Waals surface area contributed by atoms with Crippen molar-refractivity contribution in [2.75, 3.05) is 7.11 Å². The summed E-state index contributed by atoms with van der Waals surface area (Å²) in [6.07, 6.45) is 4.66. The largest absolute Gasteiger partial charge is 0.496 e. The van der Waals surface area contributed by atoms with Crippen molar-refractivity contribution < 1.29 is 9.53 Å². The lowest BCUT2D eigenvalue weighted by atomic mass is 9.89. The number of ether oxygens (including phenoxy) is 1. The number of carbonyl (C=O) groups is 1.